The Bertz CT molecular complexity index is 859. The van der Waals surface area contributed by atoms with Gasteiger partial charge in [-0.1, -0.05) is 293 Å². The first-order valence-electron chi connectivity index (χ1n) is 29.7. The fourth-order valence-corrected chi connectivity index (χ4v) is 12.7. The molecule has 0 saturated carbocycles. The molecule has 0 saturated heterocycles. The van der Waals surface area contributed by atoms with Crippen LogP contribution in [0, 0.1) is 16.2 Å². The van der Waals surface area contributed by atoms with Crippen molar-refractivity contribution in [2.45, 2.75) is 363 Å². The van der Waals surface area contributed by atoms with Gasteiger partial charge in [0.15, 0.2) is 5.79 Å². The Morgan fingerprint density at radius 1 is 0.242 bits per heavy atom. The second-order valence-corrected chi connectivity index (χ2v) is 21.3. The van der Waals surface area contributed by atoms with Crippen LogP contribution < -0.4 is 0 Å². The van der Waals surface area contributed by atoms with E-state index in [4.69, 9.17) is 4.74 Å². The molecule has 2 nitrogen and oxygen atoms in total. The third-order valence-corrected chi connectivity index (χ3v) is 16.3. The van der Waals surface area contributed by atoms with Crippen molar-refractivity contribution in [1.82, 2.24) is 0 Å². The van der Waals surface area contributed by atoms with Crippen molar-refractivity contribution in [3.05, 3.63) is 0 Å². The molecule has 0 heterocycles. The van der Waals surface area contributed by atoms with Crippen LogP contribution in [0.5, 0.6) is 0 Å². The maximum absolute atomic E-state index is 14.3. The van der Waals surface area contributed by atoms with Crippen LogP contribution in [0.4, 0.5) is 0 Å². The zero-order chi connectivity index (χ0) is 45.9. The standard InChI is InChI=1S/C60H122O2/c1-10-19-27-35-36-37-38-39-40-43-51-57(49-41-28-20-11-2,50-42-29-21-12-3)58(52-44-30-22-13-4,53-45-31-23-14-5)59(54-46-32-24-15-6,55-47-33-25-16-7)60(61,62-18-9)56-48-34-26-17-8/h61H,10-56H2,1-9H3. The molecule has 0 rings (SSSR count). The average molecular weight is 876 g/mol. The lowest BCUT2D eigenvalue weighted by Gasteiger charge is -2.67. The summed E-state index contributed by atoms with van der Waals surface area (Å²) in [6, 6.07) is 0. The molecule has 0 aromatic heterocycles. The van der Waals surface area contributed by atoms with Crippen LogP contribution in [0.15, 0.2) is 0 Å². The van der Waals surface area contributed by atoms with Crippen LogP contribution >= 0.6 is 0 Å². The third-order valence-electron chi connectivity index (χ3n) is 16.3. The largest absolute Gasteiger partial charge is 0.365 e. The predicted octanol–water partition coefficient (Wildman–Crippen LogP) is 21.8. The van der Waals surface area contributed by atoms with Crippen LogP contribution in [-0.4, -0.2) is 17.5 Å². The van der Waals surface area contributed by atoms with Crippen LogP contribution in [0.1, 0.15) is 358 Å². The molecule has 0 aromatic rings. The first kappa shape index (κ1) is 61.9. The molecular formula is C60H122O2. The zero-order valence-corrected chi connectivity index (χ0v) is 45.1. The molecule has 2 heteroatoms. The fraction of sp³-hybridized carbons (Fsp3) is 1.00. The lowest BCUT2D eigenvalue weighted by atomic mass is 9.39. The minimum absolute atomic E-state index is 0.0618. The van der Waals surface area contributed by atoms with E-state index in [2.05, 4.69) is 62.3 Å². The van der Waals surface area contributed by atoms with Crippen molar-refractivity contribution in [2.24, 2.45) is 16.2 Å². The van der Waals surface area contributed by atoms with Crippen molar-refractivity contribution in [2.75, 3.05) is 6.61 Å². The molecule has 0 aliphatic carbocycles. The van der Waals surface area contributed by atoms with Crippen molar-refractivity contribution in [3.63, 3.8) is 0 Å². The summed E-state index contributed by atoms with van der Waals surface area (Å²) < 4.78 is 7.29. The molecule has 62 heavy (non-hydrogen) atoms. The van der Waals surface area contributed by atoms with Crippen LogP contribution in [0.25, 0.3) is 0 Å². The number of aliphatic hydroxyl groups is 1. The van der Waals surface area contributed by atoms with E-state index in [0.29, 0.717) is 6.61 Å². The van der Waals surface area contributed by atoms with Gasteiger partial charge in [0.25, 0.3) is 0 Å². The highest BCUT2D eigenvalue weighted by atomic mass is 16.6. The van der Waals surface area contributed by atoms with Gasteiger partial charge in [-0.25, -0.2) is 0 Å². The molecular weight excluding hydrogens is 753 g/mol. The SMILES string of the molecule is CCCCCCCCCCCCC(CCCCCC)(CCCCCC)C(CCCCCC)(CCCCCC)C(CCCCCC)(CCCCCC)C(O)(CCCCCC)OCC. The topological polar surface area (TPSA) is 29.5 Å². The molecule has 0 spiro atoms. The third kappa shape index (κ3) is 24.1. The molecule has 0 amide bonds. The molecule has 1 N–H and O–H groups in total. The highest BCUT2D eigenvalue weighted by Crippen LogP contribution is 2.71. The van der Waals surface area contributed by atoms with Crippen LogP contribution in [0.3, 0.4) is 0 Å². The van der Waals surface area contributed by atoms with Gasteiger partial charge in [-0.05, 0) is 69.1 Å². The second kappa shape index (κ2) is 42.3. The van der Waals surface area contributed by atoms with Crippen molar-refractivity contribution < 1.29 is 9.84 Å². The smallest absolute Gasteiger partial charge is 0.171 e. The quantitative estimate of drug-likeness (QED) is 0.0487. The molecule has 374 valence electrons. The van der Waals surface area contributed by atoms with Gasteiger partial charge < -0.3 is 9.84 Å². The van der Waals surface area contributed by atoms with E-state index in [1.165, 1.54) is 270 Å². The first-order valence-corrected chi connectivity index (χ1v) is 29.7. The van der Waals surface area contributed by atoms with E-state index >= 15 is 0 Å². The predicted molar refractivity (Wildman–Crippen MR) is 282 cm³/mol. The Morgan fingerprint density at radius 3 is 0.726 bits per heavy atom. The first-order chi connectivity index (χ1) is 30.3. The van der Waals surface area contributed by atoms with Crippen LogP contribution in [0.2, 0.25) is 0 Å². The summed E-state index contributed by atoms with van der Waals surface area (Å²) in [4.78, 5) is 0. The van der Waals surface area contributed by atoms with Crippen molar-refractivity contribution in [1.29, 1.82) is 0 Å². The van der Waals surface area contributed by atoms with Gasteiger partial charge in [0.05, 0.1) is 0 Å². The van der Waals surface area contributed by atoms with E-state index in [1.807, 2.05) is 0 Å². The monoisotopic (exact) mass is 875 g/mol. The number of hydrogen-bond acceptors (Lipinski definition) is 2. The Balaban J connectivity index is 8.34. The summed E-state index contributed by atoms with van der Waals surface area (Å²) in [5.74, 6) is -1.08. The summed E-state index contributed by atoms with van der Waals surface area (Å²) >= 11 is 0. The Kier molecular flexibility index (Phi) is 42.2. The molecule has 0 radical (unpaired) electrons. The van der Waals surface area contributed by atoms with Crippen molar-refractivity contribution >= 4 is 0 Å². The van der Waals surface area contributed by atoms with E-state index in [-0.39, 0.29) is 16.2 Å². The number of rotatable bonds is 51. The normalized spacial score (nSPS) is 13.6. The molecule has 0 aliphatic heterocycles. The lowest BCUT2D eigenvalue weighted by molar-refractivity contribution is -0.336. The zero-order valence-electron chi connectivity index (χ0n) is 45.1. The summed E-state index contributed by atoms with van der Waals surface area (Å²) in [6.45, 7) is 21.9. The Labute approximate surface area is 394 Å². The highest BCUT2D eigenvalue weighted by Gasteiger charge is 2.67. The number of hydrogen-bond donors (Lipinski definition) is 1. The number of unbranched alkanes of at least 4 members (excludes halogenated alkanes) is 30. The van der Waals surface area contributed by atoms with Gasteiger partial charge >= 0.3 is 0 Å². The van der Waals surface area contributed by atoms with Gasteiger partial charge in [-0.3, -0.25) is 0 Å². The minimum atomic E-state index is -1.08. The van der Waals surface area contributed by atoms with E-state index in [9.17, 15) is 5.11 Å². The second-order valence-electron chi connectivity index (χ2n) is 21.3. The summed E-state index contributed by atoms with van der Waals surface area (Å²) in [6.07, 6.45) is 60.5. The van der Waals surface area contributed by atoms with Gasteiger partial charge in [0, 0.05) is 18.4 Å². The minimum Gasteiger partial charge on any atom is -0.365 e. The Hall–Kier alpha value is -0.0800. The molecule has 0 aromatic carbocycles. The molecule has 0 aliphatic rings. The number of ether oxygens (including phenoxy) is 1. The molecule has 0 bridgehead atoms. The van der Waals surface area contributed by atoms with Gasteiger partial charge in [0.2, 0.25) is 0 Å². The van der Waals surface area contributed by atoms with E-state index < -0.39 is 5.79 Å². The Morgan fingerprint density at radius 2 is 0.452 bits per heavy atom. The summed E-state index contributed by atoms with van der Waals surface area (Å²) in [5, 5.41) is 14.3. The fourth-order valence-electron chi connectivity index (χ4n) is 12.7. The van der Waals surface area contributed by atoms with E-state index in [0.717, 1.165) is 25.7 Å². The summed E-state index contributed by atoms with van der Waals surface area (Å²) in [5.41, 5.74) is 0.0551. The molecule has 0 fully saturated rings. The van der Waals surface area contributed by atoms with Crippen molar-refractivity contribution in [3.8, 4) is 0 Å². The molecule has 1 unspecified atom stereocenters. The summed E-state index contributed by atoms with van der Waals surface area (Å²) in [7, 11) is 0. The van der Waals surface area contributed by atoms with Gasteiger partial charge in [-0.15, -0.1) is 0 Å². The van der Waals surface area contributed by atoms with Crippen LogP contribution in [-0.2, 0) is 4.74 Å². The average Bonchev–Trinajstić information content (AvgIpc) is 3.27. The maximum atomic E-state index is 14.3. The lowest BCUT2D eigenvalue weighted by Crippen LogP contribution is -2.65. The molecule has 1 atom stereocenters. The highest BCUT2D eigenvalue weighted by molar-refractivity contribution is 5.13. The maximum Gasteiger partial charge on any atom is 0.171 e. The van der Waals surface area contributed by atoms with E-state index in [1.54, 1.807) is 0 Å². The van der Waals surface area contributed by atoms with Gasteiger partial charge in [0.1, 0.15) is 0 Å². The van der Waals surface area contributed by atoms with Gasteiger partial charge in [-0.2, -0.15) is 0 Å².